The zero-order chi connectivity index (χ0) is 8.85. The predicted octanol–water partition coefficient (Wildman–Crippen LogP) is 3.63. The van der Waals surface area contributed by atoms with Crippen LogP contribution in [0.1, 0.15) is 20.3 Å². The molecule has 62 valence electrons. The summed E-state index contributed by atoms with van der Waals surface area (Å²) in [5.41, 5.74) is 0.777. The first-order chi connectivity index (χ1) is 5.11. The minimum atomic E-state index is -0.122. The van der Waals surface area contributed by atoms with Crippen molar-refractivity contribution in [1.29, 1.82) is 0 Å². The molecule has 1 unspecified atom stereocenters. The Kier molecular flexibility index (Phi) is 4.51. The molecule has 0 spiro atoms. The second-order valence-electron chi connectivity index (χ2n) is 2.54. The van der Waals surface area contributed by atoms with Crippen LogP contribution in [0.5, 0.6) is 0 Å². The van der Waals surface area contributed by atoms with Crippen molar-refractivity contribution in [1.82, 2.24) is 0 Å². The molecule has 0 aromatic heterocycles. The van der Waals surface area contributed by atoms with Crippen molar-refractivity contribution in [3.8, 4) is 0 Å². The van der Waals surface area contributed by atoms with Crippen LogP contribution in [0.3, 0.4) is 0 Å². The molecule has 0 amide bonds. The fourth-order valence-corrected chi connectivity index (χ4v) is 0.586. The molecule has 0 aliphatic heterocycles. The van der Waals surface area contributed by atoms with Gasteiger partial charge >= 0.3 is 0 Å². The second kappa shape index (κ2) is 4.89. The maximum atomic E-state index is 12.6. The van der Waals surface area contributed by atoms with Crippen molar-refractivity contribution in [2.24, 2.45) is 5.92 Å². The molecule has 0 bridgehead atoms. The molecule has 0 aromatic rings. The number of hydrogen-bond acceptors (Lipinski definition) is 0. The molecule has 0 aliphatic rings. The topological polar surface area (TPSA) is 0 Å². The fraction of sp³-hybridized carbons (Fsp3) is 0.400. The van der Waals surface area contributed by atoms with E-state index in [0.717, 1.165) is 5.57 Å². The smallest absolute Gasteiger partial charge is 0.0999 e. The molecule has 0 rings (SSSR count). The van der Waals surface area contributed by atoms with E-state index >= 15 is 0 Å². The van der Waals surface area contributed by atoms with Gasteiger partial charge in [-0.15, -0.1) is 6.58 Å². The molecule has 0 fully saturated rings. The Labute approximate surface area is 68.1 Å². The summed E-state index contributed by atoms with van der Waals surface area (Å²) in [7, 11) is 0. The summed E-state index contributed by atoms with van der Waals surface area (Å²) >= 11 is 0. The molecule has 0 saturated heterocycles. The summed E-state index contributed by atoms with van der Waals surface area (Å²) in [6.07, 6.45) is 3.66. The summed E-state index contributed by atoms with van der Waals surface area (Å²) in [4.78, 5) is 0. The van der Waals surface area contributed by atoms with Crippen LogP contribution in [-0.4, -0.2) is 0 Å². The van der Waals surface area contributed by atoms with Crippen molar-refractivity contribution in [2.75, 3.05) is 0 Å². The molecule has 0 N–H and O–H groups in total. The van der Waals surface area contributed by atoms with Crippen LogP contribution < -0.4 is 0 Å². The second-order valence-corrected chi connectivity index (χ2v) is 2.54. The van der Waals surface area contributed by atoms with Crippen molar-refractivity contribution in [2.45, 2.75) is 20.3 Å². The standard InChI is InChI=1S/C10H15F/c1-5-8(3)9(4)7-10(11)6-2/h5,7-8H,1,4,6H2,2-3H3/b10-7+. The zero-order valence-electron chi connectivity index (χ0n) is 7.23. The molecule has 1 atom stereocenters. The zero-order valence-corrected chi connectivity index (χ0v) is 7.23. The first kappa shape index (κ1) is 10.2. The average Bonchev–Trinajstić information content (AvgIpc) is 2.02. The van der Waals surface area contributed by atoms with E-state index in [9.17, 15) is 4.39 Å². The van der Waals surface area contributed by atoms with Gasteiger partial charge in [0.1, 0.15) is 0 Å². The highest BCUT2D eigenvalue weighted by Gasteiger charge is 1.99. The lowest BCUT2D eigenvalue weighted by molar-refractivity contribution is 0.601. The van der Waals surface area contributed by atoms with Crippen LogP contribution in [0.15, 0.2) is 36.7 Å². The molecular formula is C10H15F. The highest BCUT2D eigenvalue weighted by Crippen LogP contribution is 2.14. The quantitative estimate of drug-likeness (QED) is 0.428. The molecule has 0 nitrogen and oxygen atoms in total. The highest BCUT2D eigenvalue weighted by atomic mass is 19.1. The van der Waals surface area contributed by atoms with Crippen LogP contribution >= 0.6 is 0 Å². The fourth-order valence-electron chi connectivity index (χ4n) is 0.586. The molecule has 0 aliphatic carbocycles. The number of rotatable bonds is 4. The summed E-state index contributed by atoms with van der Waals surface area (Å²) in [5, 5.41) is 0. The summed E-state index contributed by atoms with van der Waals surface area (Å²) in [6, 6.07) is 0. The van der Waals surface area contributed by atoms with Crippen LogP contribution in [0.4, 0.5) is 4.39 Å². The Balaban J connectivity index is 4.16. The van der Waals surface area contributed by atoms with Gasteiger partial charge in [-0.1, -0.05) is 26.5 Å². The van der Waals surface area contributed by atoms with Gasteiger partial charge in [0.15, 0.2) is 0 Å². The SMILES string of the molecule is C=CC(C)C(=C)/C=C(/F)CC. The van der Waals surface area contributed by atoms with Crippen LogP contribution in [-0.2, 0) is 0 Å². The Morgan fingerprint density at radius 3 is 2.55 bits per heavy atom. The van der Waals surface area contributed by atoms with E-state index in [1.54, 1.807) is 13.0 Å². The lowest BCUT2D eigenvalue weighted by Crippen LogP contribution is -1.90. The average molecular weight is 154 g/mol. The summed E-state index contributed by atoms with van der Waals surface area (Å²) < 4.78 is 12.6. The van der Waals surface area contributed by atoms with Crippen LogP contribution in [0.25, 0.3) is 0 Å². The summed E-state index contributed by atoms with van der Waals surface area (Å²) in [6.45, 7) is 11.0. The molecule has 11 heavy (non-hydrogen) atoms. The van der Waals surface area contributed by atoms with Gasteiger partial charge in [-0.05, 0) is 24.0 Å². The highest BCUT2D eigenvalue weighted by molar-refractivity contribution is 5.22. The van der Waals surface area contributed by atoms with Gasteiger partial charge in [-0.2, -0.15) is 0 Å². The van der Waals surface area contributed by atoms with Gasteiger partial charge in [0.2, 0.25) is 0 Å². The van der Waals surface area contributed by atoms with E-state index in [1.165, 1.54) is 6.08 Å². The molecule has 0 radical (unpaired) electrons. The first-order valence-electron chi connectivity index (χ1n) is 3.79. The normalized spacial score (nSPS) is 14.3. The van der Waals surface area contributed by atoms with Crippen LogP contribution in [0.2, 0.25) is 0 Å². The van der Waals surface area contributed by atoms with E-state index < -0.39 is 0 Å². The van der Waals surface area contributed by atoms with Crippen molar-refractivity contribution in [3.05, 3.63) is 36.7 Å². The number of halogens is 1. The van der Waals surface area contributed by atoms with Crippen molar-refractivity contribution >= 4 is 0 Å². The van der Waals surface area contributed by atoms with Crippen LogP contribution in [0, 0.1) is 5.92 Å². The number of hydrogen-bond donors (Lipinski definition) is 0. The molecule has 0 saturated carbocycles. The van der Waals surface area contributed by atoms with Gasteiger partial charge in [0.25, 0.3) is 0 Å². The van der Waals surface area contributed by atoms with E-state index in [1.807, 2.05) is 6.92 Å². The minimum Gasteiger partial charge on any atom is -0.212 e. The minimum absolute atomic E-state index is 0.122. The largest absolute Gasteiger partial charge is 0.212 e. The Bertz CT molecular complexity index is 177. The van der Waals surface area contributed by atoms with Gasteiger partial charge in [-0.3, -0.25) is 0 Å². The summed E-state index contributed by atoms with van der Waals surface area (Å²) in [5.74, 6) is 0.0380. The van der Waals surface area contributed by atoms with Gasteiger partial charge in [0.05, 0.1) is 5.83 Å². The van der Waals surface area contributed by atoms with Gasteiger partial charge in [-0.25, -0.2) is 4.39 Å². The predicted molar refractivity (Wildman–Crippen MR) is 48.0 cm³/mol. The van der Waals surface area contributed by atoms with Gasteiger partial charge < -0.3 is 0 Å². The lowest BCUT2D eigenvalue weighted by Gasteiger charge is -2.04. The Morgan fingerprint density at radius 1 is 1.64 bits per heavy atom. The third-order valence-electron chi connectivity index (χ3n) is 1.62. The van der Waals surface area contributed by atoms with E-state index in [-0.39, 0.29) is 11.7 Å². The Morgan fingerprint density at radius 2 is 2.18 bits per heavy atom. The monoisotopic (exact) mass is 154 g/mol. The molecule has 0 heterocycles. The number of allylic oxidation sites excluding steroid dienone is 4. The maximum absolute atomic E-state index is 12.6. The molecule has 0 aromatic carbocycles. The van der Waals surface area contributed by atoms with Crippen molar-refractivity contribution in [3.63, 3.8) is 0 Å². The molecular weight excluding hydrogens is 139 g/mol. The molecule has 1 heteroatoms. The van der Waals surface area contributed by atoms with E-state index in [4.69, 9.17) is 0 Å². The van der Waals surface area contributed by atoms with E-state index in [2.05, 4.69) is 13.2 Å². The maximum Gasteiger partial charge on any atom is 0.0999 e. The Hall–Kier alpha value is -0.850. The third-order valence-corrected chi connectivity index (χ3v) is 1.62. The van der Waals surface area contributed by atoms with E-state index in [0.29, 0.717) is 6.42 Å². The third kappa shape index (κ3) is 3.76. The van der Waals surface area contributed by atoms with Gasteiger partial charge in [0, 0.05) is 0 Å². The van der Waals surface area contributed by atoms with Crippen molar-refractivity contribution < 1.29 is 4.39 Å². The lowest BCUT2D eigenvalue weighted by atomic mass is 10.0. The first-order valence-corrected chi connectivity index (χ1v) is 3.79.